The Morgan fingerprint density at radius 1 is 1.40 bits per heavy atom. The van der Waals surface area contributed by atoms with Crippen molar-refractivity contribution in [2.24, 2.45) is 0 Å². The number of nitrogens with zero attached hydrogens (tertiary/aromatic N) is 1. The van der Waals surface area contributed by atoms with E-state index in [1.807, 2.05) is 0 Å². The van der Waals surface area contributed by atoms with Gasteiger partial charge in [0.15, 0.2) is 6.61 Å². The minimum Gasteiger partial charge on any atom is -0.482 e. The van der Waals surface area contributed by atoms with Gasteiger partial charge in [-0.25, -0.2) is 4.79 Å². The summed E-state index contributed by atoms with van der Waals surface area (Å²) in [6.45, 7) is 0.861. The van der Waals surface area contributed by atoms with E-state index in [9.17, 15) is 14.4 Å². The molecule has 1 atom stereocenters. The summed E-state index contributed by atoms with van der Waals surface area (Å²) in [6, 6.07) is 4.61. The van der Waals surface area contributed by atoms with Crippen LogP contribution >= 0.6 is 0 Å². The molecule has 25 heavy (non-hydrogen) atoms. The molecule has 0 aromatic heterocycles. The second-order valence-electron chi connectivity index (χ2n) is 5.88. The first-order valence-corrected chi connectivity index (χ1v) is 8.12. The lowest BCUT2D eigenvalue weighted by Crippen LogP contribution is -2.46. The molecule has 8 heteroatoms. The highest BCUT2D eigenvalue weighted by atomic mass is 16.5. The molecule has 2 heterocycles. The van der Waals surface area contributed by atoms with E-state index in [1.165, 1.54) is 24.1 Å². The monoisotopic (exact) mass is 348 g/mol. The lowest BCUT2D eigenvalue weighted by atomic mass is 10.1. The molecule has 2 aliphatic rings. The van der Waals surface area contributed by atoms with Crippen LogP contribution in [0.4, 0.5) is 5.69 Å². The van der Waals surface area contributed by atoms with Crippen LogP contribution in [-0.2, 0) is 19.1 Å². The number of carbonyl (C=O) groups excluding carboxylic acids is 3. The summed E-state index contributed by atoms with van der Waals surface area (Å²) in [4.78, 5) is 37.3. The molecule has 1 aromatic carbocycles. The van der Waals surface area contributed by atoms with Crippen molar-refractivity contribution < 1.29 is 28.6 Å². The molecular formula is C17H20N2O6. The summed E-state index contributed by atoms with van der Waals surface area (Å²) in [5.41, 5.74) is 0.773. The molecule has 8 nitrogen and oxygen atoms in total. The Hall–Kier alpha value is -2.61. The number of ether oxygens (including phenoxy) is 3. The van der Waals surface area contributed by atoms with Crippen LogP contribution < -0.4 is 15.0 Å². The zero-order chi connectivity index (χ0) is 17.8. The molecule has 0 bridgehead atoms. The highest BCUT2D eigenvalue weighted by molar-refractivity contribution is 6.03. The zero-order valence-corrected chi connectivity index (χ0v) is 13.9. The number of nitrogens with one attached hydrogen (secondary N) is 1. The fraction of sp³-hybridized carbons (Fsp3) is 0.471. The van der Waals surface area contributed by atoms with E-state index >= 15 is 0 Å². The van der Waals surface area contributed by atoms with Crippen LogP contribution in [0, 0.1) is 0 Å². The molecule has 2 amide bonds. The van der Waals surface area contributed by atoms with Gasteiger partial charge in [0, 0.05) is 13.2 Å². The minimum absolute atomic E-state index is 0.0410. The average Bonchev–Trinajstić information content (AvgIpc) is 3.15. The van der Waals surface area contributed by atoms with Crippen LogP contribution in [0.3, 0.4) is 0 Å². The minimum atomic E-state index is -0.496. The first-order valence-electron chi connectivity index (χ1n) is 8.12. The van der Waals surface area contributed by atoms with Crippen molar-refractivity contribution in [3.63, 3.8) is 0 Å². The van der Waals surface area contributed by atoms with E-state index in [2.05, 4.69) is 10.1 Å². The molecule has 0 spiro atoms. The summed E-state index contributed by atoms with van der Waals surface area (Å²) in [5.74, 6) is -0.710. The Labute approximate surface area is 145 Å². The highest BCUT2D eigenvalue weighted by Gasteiger charge is 2.28. The number of anilines is 1. The largest absolute Gasteiger partial charge is 0.482 e. The van der Waals surface area contributed by atoms with E-state index in [-0.39, 0.29) is 31.1 Å². The lowest BCUT2D eigenvalue weighted by Gasteiger charge is -2.29. The Kier molecular flexibility index (Phi) is 5.18. The maximum Gasteiger partial charge on any atom is 0.337 e. The molecule has 1 aromatic rings. The molecular weight excluding hydrogens is 328 g/mol. The van der Waals surface area contributed by atoms with Crippen molar-refractivity contribution in [1.29, 1.82) is 0 Å². The fourth-order valence-corrected chi connectivity index (χ4v) is 2.86. The normalized spacial score (nSPS) is 19.2. The molecule has 1 saturated heterocycles. The highest BCUT2D eigenvalue weighted by Crippen LogP contribution is 2.33. The van der Waals surface area contributed by atoms with Crippen molar-refractivity contribution >= 4 is 23.5 Å². The Morgan fingerprint density at radius 2 is 2.24 bits per heavy atom. The summed E-state index contributed by atoms with van der Waals surface area (Å²) < 4.78 is 15.5. The second kappa shape index (κ2) is 7.52. The van der Waals surface area contributed by atoms with Gasteiger partial charge in [-0.2, -0.15) is 0 Å². The topological polar surface area (TPSA) is 94.2 Å². The second-order valence-corrected chi connectivity index (χ2v) is 5.88. The fourth-order valence-electron chi connectivity index (χ4n) is 2.86. The third-order valence-corrected chi connectivity index (χ3v) is 4.18. The van der Waals surface area contributed by atoms with Gasteiger partial charge >= 0.3 is 5.97 Å². The number of hydrogen-bond acceptors (Lipinski definition) is 6. The molecule has 1 fully saturated rings. The van der Waals surface area contributed by atoms with E-state index in [4.69, 9.17) is 9.47 Å². The van der Waals surface area contributed by atoms with Crippen LogP contribution in [0.1, 0.15) is 23.2 Å². The number of rotatable bonds is 5. The molecule has 3 rings (SSSR count). The van der Waals surface area contributed by atoms with Gasteiger partial charge in [0.2, 0.25) is 5.91 Å². The maximum absolute atomic E-state index is 12.2. The van der Waals surface area contributed by atoms with Gasteiger partial charge in [0.1, 0.15) is 12.3 Å². The van der Waals surface area contributed by atoms with E-state index in [1.54, 1.807) is 6.07 Å². The molecule has 0 radical (unpaired) electrons. The van der Waals surface area contributed by atoms with Crippen molar-refractivity contribution in [2.45, 2.75) is 18.9 Å². The van der Waals surface area contributed by atoms with Crippen molar-refractivity contribution in [2.75, 3.05) is 38.3 Å². The van der Waals surface area contributed by atoms with Gasteiger partial charge in [-0.1, -0.05) is 0 Å². The zero-order valence-electron chi connectivity index (χ0n) is 13.9. The van der Waals surface area contributed by atoms with E-state index in [0.29, 0.717) is 23.5 Å². The van der Waals surface area contributed by atoms with Crippen molar-refractivity contribution in [1.82, 2.24) is 5.32 Å². The van der Waals surface area contributed by atoms with Gasteiger partial charge in [-0.05, 0) is 31.0 Å². The molecule has 1 N–H and O–H groups in total. The number of hydrogen-bond donors (Lipinski definition) is 1. The van der Waals surface area contributed by atoms with Crippen molar-refractivity contribution in [3.8, 4) is 5.75 Å². The Balaban J connectivity index is 1.68. The number of carbonyl (C=O) groups is 3. The van der Waals surface area contributed by atoms with E-state index < -0.39 is 5.97 Å². The van der Waals surface area contributed by atoms with Gasteiger partial charge in [0.05, 0.1) is 24.5 Å². The number of benzene rings is 1. The van der Waals surface area contributed by atoms with Crippen LogP contribution in [0.2, 0.25) is 0 Å². The summed E-state index contributed by atoms with van der Waals surface area (Å²) >= 11 is 0. The third kappa shape index (κ3) is 3.90. The van der Waals surface area contributed by atoms with Crippen LogP contribution in [0.25, 0.3) is 0 Å². The van der Waals surface area contributed by atoms with Crippen molar-refractivity contribution in [3.05, 3.63) is 23.8 Å². The van der Waals surface area contributed by atoms with Gasteiger partial charge < -0.3 is 19.5 Å². The number of esters is 1. The summed E-state index contributed by atoms with van der Waals surface area (Å²) in [6.07, 6.45) is 1.97. The predicted octanol–water partition coefficient (Wildman–Crippen LogP) is 0.494. The SMILES string of the molecule is COC(=O)c1ccc2c(c1)OCC(=O)N2CC(=O)NC[C@H]1CCCO1. The van der Waals surface area contributed by atoms with Gasteiger partial charge in [-0.3, -0.25) is 14.5 Å². The van der Waals surface area contributed by atoms with Gasteiger partial charge in [-0.15, -0.1) is 0 Å². The molecule has 134 valence electrons. The molecule has 0 unspecified atom stereocenters. The lowest BCUT2D eigenvalue weighted by molar-refractivity contribution is -0.125. The third-order valence-electron chi connectivity index (χ3n) is 4.18. The maximum atomic E-state index is 12.2. The molecule has 0 aliphatic carbocycles. The number of methoxy groups -OCH3 is 1. The Morgan fingerprint density at radius 3 is 2.96 bits per heavy atom. The first kappa shape index (κ1) is 17.2. The van der Waals surface area contributed by atoms with Gasteiger partial charge in [0.25, 0.3) is 5.91 Å². The molecule has 0 saturated carbocycles. The number of amides is 2. The van der Waals surface area contributed by atoms with Crippen LogP contribution in [-0.4, -0.2) is 57.3 Å². The summed E-state index contributed by atoms with van der Waals surface area (Å²) in [5, 5.41) is 2.79. The summed E-state index contributed by atoms with van der Waals surface area (Å²) in [7, 11) is 1.29. The van der Waals surface area contributed by atoms with Crippen LogP contribution in [0.5, 0.6) is 5.75 Å². The smallest absolute Gasteiger partial charge is 0.337 e. The number of fused-ring (bicyclic) bond motifs is 1. The first-order chi connectivity index (χ1) is 12.1. The standard InChI is InChI=1S/C17H20N2O6/c1-23-17(22)11-4-5-13-14(7-11)25-10-16(21)19(13)9-15(20)18-8-12-3-2-6-24-12/h4-5,7,12H,2-3,6,8-10H2,1H3,(H,18,20)/t12-/m1/s1. The average molecular weight is 348 g/mol. The van der Waals surface area contributed by atoms with Crippen LogP contribution in [0.15, 0.2) is 18.2 Å². The van der Waals surface area contributed by atoms with E-state index in [0.717, 1.165) is 19.4 Å². The Bertz CT molecular complexity index is 684. The molecule has 2 aliphatic heterocycles. The predicted molar refractivity (Wildman–Crippen MR) is 87.6 cm³/mol. The quantitative estimate of drug-likeness (QED) is 0.779.